The van der Waals surface area contributed by atoms with E-state index in [1.807, 2.05) is 0 Å². The first kappa shape index (κ1) is 14.9. The average molecular weight is 330 g/mol. The minimum Gasteiger partial charge on any atom is -0.391 e. The van der Waals surface area contributed by atoms with Crippen molar-refractivity contribution in [3.63, 3.8) is 0 Å². The highest BCUT2D eigenvalue weighted by molar-refractivity contribution is 14.1. The maximum atomic E-state index is 6.12. The third-order valence-corrected chi connectivity index (χ3v) is 7.85. The van der Waals surface area contributed by atoms with Gasteiger partial charge in [-0.05, 0) is 25.1 Å². The van der Waals surface area contributed by atoms with E-state index in [1.54, 1.807) is 7.11 Å². The monoisotopic (exact) mass is 330 g/mol. The van der Waals surface area contributed by atoms with Gasteiger partial charge in [0.2, 0.25) is 0 Å². The third kappa shape index (κ3) is 4.16. The van der Waals surface area contributed by atoms with Crippen LogP contribution in [-0.2, 0) is 9.16 Å². The summed E-state index contributed by atoms with van der Waals surface area (Å²) in [6.07, 6.45) is -0.0727. The van der Waals surface area contributed by atoms with Crippen molar-refractivity contribution in [1.82, 2.24) is 0 Å². The van der Waals surface area contributed by atoms with E-state index in [9.17, 15) is 0 Å². The Balaban J connectivity index is 4.48. The number of hydrogen-bond acceptors (Lipinski definition) is 2. The summed E-state index contributed by atoms with van der Waals surface area (Å²) in [5.74, 6) is 0. The quantitative estimate of drug-likeness (QED) is 0.338. The predicted octanol–water partition coefficient (Wildman–Crippen LogP) is 3.80. The minimum absolute atomic E-state index is 0.0727. The summed E-state index contributed by atoms with van der Waals surface area (Å²) < 4.78 is 11.9. The molecule has 0 bridgehead atoms. The molecule has 4 heteroatoms. The van der Waals surface area contributed by atoms with Gasteiger partial charge in [-0.25, -0.2) is 0 Å². The zero-order valence-corrected chi connectivity index (χ0v) is 13.5. The summed E-state index contributed by atoms with van der Waals surface area (Å²) in [7, 11) is 0.0337. The first-order chi connectivity index (χ1) is 6.12. The SMILES string of the molecule is CO[C@H](O[Si](C)(C)C(C)(C)C)[C@H](C)I. The largest absolute Gasteiger partial charge is 0.391 e. The Kier molecular flexibility index (Phi) is 5.60. The highest BCUT2D eigenvalue weighted by atomic mass is 127. The second-order valence-electron chi connectivity index (χ2n) is 5.16. The zero-order valence-electron chi connectivity index (χ0n) is 10.3. The van der Waals surface area contributed by atoms with E-state index in [2.05, 4.69) is 63.4 Å². The fourth-order valence-corrected chi connectivity index (χ4v) is 2.75. The number of rotatable bonds is 4. The molecule has 0 heterocycles. The second-order valence-corrected chi connectivity index (χ2v) is 11.9. The molecule has 0 aliphatic carbocycles. The van der Waals surface area contributed by atoms with Crippen LogP contribution >= 0.6 is 22.6 Å². The summed E-state index contributed by atoms with van der Waals surface area (Å²) in [5, 5.41) is 0.245. The molecule has 0 aromatic carbocycles. The van der Waals surface area contributed by atoms with Gasteiger partial charge in [0.1, 0.15) is 0 Å². The van der Waals surface area contributed by atoms with Gasteiger partial charge in [-0.2, -0.15) is 0 Å². The molecule has 0 saturated heterocycles. The highest BCUT2D eigenvalue weighted by Crippen LogP contribution is 2.38. The Morgan fingerprint density at radius 1 is 1.21 bits per heavy atom. The van der Waals surface area contributed by atoms with Crippen molar-refractivity contribution in [2.75, 3.05) is 7.11 Å². The van der Waals surface area contributed by atoms with Crippen LogP contribution in [0.25, 0.3) is 0 Å². The molecular formula is C10H23IO2Si. The van der Waals surface area contributed by atoms with Gasteiger partial charge in [0.05, 0.1) is 3.92 Å². The standard InChI is InChI=1S/C10H23IO2Si/c1-8(11)9(12-5)13-14(6,7)10(2,3)4/h8-9H,1-7H3/t8-,9+/m0/s1. The molecule has 0 saturated carbocycles. The molecular weight excluding hydrogens is 307 g/mol. The average Bonchev–Trinajstić information content (AvgIpc) is 1.97. The van der Waals surface area contributed by atoms with E-state index in [-0.39, 0.29) is 11.3 Å². The van der Waals surface area contributed by atoms with Crippen LogP contribution in [0.4, 0.5) is 0 Å². The lowest BCUT2D eigenvalue weighted by Gasteiger charge is -2.39. The first-order valence-electron chi connectivity index (χ1n) is 4.96. The molecule has 0 amide bonds. The van der Waals surface area contributed by atoms with Gasteiger partial charge in [-0.15, -0.1) is 0 Å². The van der Waals surface area contributed by atoms with Crippen molar-refractivity contribution in [3.05, 3.63) is 0 Å². The van der Waals surface area contributed by atoms with Crippen LogP contribution in [0.3, 0.4) is 0 Å². The van der Waals surface area contributed by atoms with Crippen LogP contribution in [-0.4, -0.2) is 25.6 Å². The second kappa shape index (κ2) is 5.27. The molecule has 0 radical (unpaired) electrons. The zero-order chi connectivity index (χ0) is 11.6. The van der Waals surface area contributed by atoms with Crippen molar-refractivity contribution in [2.45, 2.75) is 56.0 Å². The molecule has 0 fully saturated rings. The first-order valence-corrected chi connectivity index (χ1v) is 9.12. The van der Waals surface area contributed by atoms with Crippen molar-refractivity contribution >= 4 is 30.9 Å². The van der Waals surface area contributed by atoms with Crippen molar-refractivity contribution in [1.29, 1.82) is 0 Å². The van der Waals surface area contributed by atoms with Crippen molar-refractivity contribution < 1.29 is 9.16 Å². The number of hydrogen-bond donors (Lipinski definition) is 0. The molecule has 2 nitrogen and oxygen atoms in total. The normalized spacial score (nSPS) is 18.0. The topological polar surface area (TPSA) is 18.5 Å². The van der Waals surface area contributed by atoms with E-state index >= 15 is 0 Å². The van der Waals surface area contributed by atoms with Crippen molar-refractivity contribution in [3.8, 4) is 0 Å². The summed E-state index contributed by atoms with van der Waals surface area (Å²) in [6, 6.07) is 0. The molecule has 0 N–H and O–H groups in total. The Hall–Kier alpha value is 0.867. The number of alkyl halides is 1. The van der Waals surface area contributed by atoms with Gasteiger partial charge in [-0.3, -0.25) is 0 Å². The Labute approximate surface area is 103 Å². The molecule has 0 unspecified atom stereocenters. The van der Waals surface area contributed by atoms with E-state index in [4.69, 9.17) is 9.16 Å². The Morgan fingerprint density at radius 2 is 1.64 bits per heavy atom. The lowest BCUT2D eigenvalue weighted by molar-refractivity contribution is -0.0569. The van der Waals surface area contributed by atoms with Crippen LogP contribution in [0.5, 0.6) is 0 Å². The molecule has 2 atom stereocenters. The molecule has 0 rings (SSSR count). The smallest absolute Gasteiger partial charge is 0.195 e. The Bertz CT molecular complexity index is 175. The van der Waals surface area contributed by atoms with Gasteiger partial charge < -0.3 is 9.16 Å². The fraction of sp³-hybridized carbons (Fsp3) is 1.00. The molecule has 0 spiro atoms. The molecule has 0 aromatic rings. The fourth-order valence-electron chi connectivity index (χ4n) is 0.797. The van der Waals surface area contributed by atoms with Crippen LogP contribution < -0.4 is 0 Å². The van der Waals surface area contributed by atoms with Crippen LogP contribution in [0.2, 0.25) is 18.1 Å². The lowest BCUT2D eigenvalue weighted by atomic mass is 10.2. The summed E-state index contributed by atoms with van der Waals surface area (Å²) in [4.78, 5) is 0. The number of halogens is 1. The van der Waals surface area contributed by atoms with Gasteiger partial charge in [0.25, 0.3) is 0 Å². The van der Waals surface area contributed by atoms with E-state index in [1.165, 1.54) is 0 Å². The van der Waals surface area contributed by atoms with Crippen LogP contribution in [0.15, 0.2) is 0 Å². The molecule has 86 valence electrons. The van der Waals surface area contributed by atoms with Crippen molar-refractivity contribution in [2.24, 2.45) is 0 Å². The van der Waals surface area contributed by atoms with Gasteiger partial charge >= 0.3 is 0 Å². The number of methoxy groups -OCH3 is 1. The Morgan fingerprint density at radius 3 is 1.86 bits per heavy atom. The van der Waals surface area contributed by atoms with E-state index in [0.717, 1.165) is 0 Å². The maximum Gasteiger partial charge on any atom is 0.195 e. The molecule has 0 aliphatic rings. The van der Waals surface area contributed by atoms with Gasteiger partial charge in [-0.1, -0.05) is 43.4 Å². The maximum absolute atomic E-state index is 6.12. The van der Waals surface area contributed by atoms with Crippen LogP contribution in [0, 0.1) is 0 Å². The predicted molar refractivity (Wildman–Crippen MR) is 72.6 cm³/mol. The van der Waals surface area contributed by atoms with E-state index < -0.39 is 8.32 Å². The van der Waals surface area contributed by atoms with E-state index in [0.29, 0.717) is 3.92 Å². The number of ether oxygens (including phenoxy) is 1. The summed E-state index contributed by atoms with van der Waals surface area (Å²) >= 11 is 2.34. The third-order valence-electron chi connectivity index (χ3n) is 2.82. The summed E-state index contributed by atoms with van der Waals surface area (Å²) in [6.45, 7) is 13.3. The van der Waals surface area contributed by atoms with Gasteiger partial charge in [0.15, 0.2) is 14.6 Å². The lowest BCUT2D eigenvalue weighted by Crippen LogP contribution is -2.46. The molecule has 0 aromatic heterocycles. The van der Waals surface area contributed by atoms with Gasteiger partial charge in [0, 0.05) is 7.11 Å². The molecule has 0 aliphatic heterocycles. The molecule has 14 heavy (non-hydrogen) atoms. The minimum atomic E-state index is -1.68. The summed E-state index contributed by atoms with van der Waals surface area (Å²) in [5.41, 5.74) is 0. The highest BCUT2D eigenvalue weighted by Gasteiger charge is 2.40. The van der Waals surface area contributed by atoms with Crippen LogP contribution in [0.1, 0.15) is 27.7 Å².